The molecule has 256 valence electrons. The minimum absolute atomic E-state index is 0.149. The summed E-state index contributed by atoms with van der Waals surface area (Å²) >= 11 is -1.51. The van der Waals surface area contributed by atoms with Crippen molar-refractivity contribution in [2.24, 2.45) is 23.2 Å². The number of morpholine rings is 1. The molecule has 0 radical (unpaired) electrons. The van der Waals surface area contributed by atoms with E-state index in [1.807, 2.05) is 18.2 Å². The number of nitrogens with zero attached hydrogens (tertiary/aromatic N) is 3. The lowest BCUT2D eigenvalue weighted by Crippen LogP contribution is -2.43. The van der Waals surface area contributed by atoms with Crippen molar-refractivity contribution in [2.45, 2.75) is 97.9 Å². The molecule has 4 bridgehead atoms. The number of anilines is 1. The van der Waals surface area contributed by atoms with E-state index in [1.54, 1.807) is 0 Å². The summed E-state index contributed by atoms with van der Waals surface area (Å²) in [6.07, 6.45) is 6.62. The minimum atomic E-state index is -1.51. The van der Waals surface area contributed by atoms with Crippen LogP contribution in [0.5, 0.6) is 5.88 Å². The van der Waals surface area contributed by atoms with Crippen LogP contribution < -0.4 is 9.46 Å². The van der Waals surface area contributed by atoms with Crippen LogP contribution >= 0.6 is 0 Å². The van der Waals surface area contributed by atoms with Crippen molar-refractivity contribution < 1.29 is 14.0 Å². The van der Waals surface area contributed by atoms with Crippen LogP contribution in [0.2, 0.25) is 0 Å². The Morgan fingerprint density at radius 1 is 1.02 bits per heavy atom. The van der Waals surface area contributed by atoms with E-state index < -0.39 is 11.4 Å². The lowest BCUT2D eigenvalue weighted by molar-refractivity contribution is 0.0112. The molecule has 3 unspecified atom stereocenters. The zero-order chi connectivity index (χ0) is 33.6. The Morgan fingerprint density at radius 2 is 1.74 bits per heavy atom. The summed E-state index contributed by atoms with van der Waals surface area (Å²) in [6, 6.07) is 17.0. The maximum atomic E-state index is 13.6. The van der Waals surface area contributed by atoms with Crippen molar-refractivity contribution >= 4 is 17.3 Å². The summed E-state index contributed by atoms with van der Waals surface area (Å²) in [4.78, 5) is 13.0. The number of rotatable bonds is 8. The van der Waals surface area contributed by atoms with Crippen molar-refractivity contribution in [1.29, 1.82) is 0 Å². The van der Waals surface area contributed by atoms with Crippen LogP contribution in [-0.2, 0) is 22.5 Å². The van der Waals surface area contributed by atoms with Gasteiger partial charge in [-0.3, -0.25) is 4.90 Å². The van der Waals surface area contributed by atoms with Crippen molar-refractivity contribution in [3.05, 3.63) is 65.2 Å². The number of hydrogen-bond donors (Lipinski definition) is 1. The van der Waals surface area contributed by atoms with Gasteiger partial charge in [-0.05, 0) is 104 Å². The zero-order valence-electron chi connectivity index (χ0n) is 29.7. The van der Waals surface area contributed by atoms with E-state index >= 15 is 0 Å². The molecule has 2 aliphatic heterocycles. The molecule has 0 amide bonds. The van der Waals surface area contributed by atoms with Crippen LogP contribution in [0.3, 0.4) is 0 Å². The highest BCUT2D eigenvalue weighted by molar-refractivity contribution is 7.92. The summed E-state index contributed by atoms with van der Waals surface area (Å²) < 4.78 is 29.0. The summed E-state index contributed by atoms with van der Waals surface area (Å²) in [6.45, 7) is 20.4. The predicted octanol–water partition coefficient (Wildman–Crippen LogP) is 8.42. The first kappa shape index (κ1) is 35.7. The summed E-state index contributed by atoms with van der Waals surface area (Å²) in [5.41, 5.74) is 5.46. The maximum Gasteiger partial charge on any atom is 0.269 e. The SMILES string of the molecule is CC[C@@H](CCC(C)C1CCc2cccc(c2)[S+]([O-])Nc2nc(cc(-c3c(C)cccc3C)n2)OC[C@H]1CC(C)(C)C)N1CCOCC1. The van der Waals surface area contributed by atoms with E-state index in [4.69, 9.17) is 19.4 Å². The molecule has 5 atom stereocenters. The van der Waals surface area contributed by atoms with Crippen LogP contribution in [0.1, 0.15) is 83.4 Å². The number of aryl methyl sites for hydroxylation is 3. The monoisotopic (exact) mass is 660 g/mol. The lowest BCUT2D eigenvalue weighted by Gasteiger charge is -2.38. The fourth-order valence-electron chi connectivity index (χ4n) is 7.74. The molecule has 5 rings (SSSR count). The van der Waals surface area contributed by atoms with Gasteiger partial charge in [-0.25, -0.2) is 4.98 Å². The van der Waals surface area contributed by atoms with E-state index in [-0.39, 0.29) is 5.41 Å². The quantitative estimate of drug-likeness (QED) is 0.243. The summed E-state index contributed by atoms with van der Waals surface area (Å²) in [5, 5.41) is 0. The van der Waals surface area contributed by atoms with Crippen LogP contribution in [0, 0.1) is 37.0 Å². The minimum Gasteiger partial charge on any atom is -0.588 e. The first-order valence-corrected chi connectivity index (χ1v) is 18.8. The smallest absolute Gasteiger partial charge is 0.269 e. The number of fused-ring (bicyclic) bond motifs is 4. The van der Waals surface area contributed by atoms with E-state index in [0.29, 0.717) is 42.2 Å². The third-order valence-electron chi connectivity index (χ3n) is 10.1. The van der Waals surface area contributed by atoms with E-state index in [1.165, 1.54) is 24.8 Å². The van der Waals surface area contributed by atoms with Gasteiger partial charge >= 0.3 is 0 Å². The zero-order valence-corrected chi connectivity index (χ0v) is 30.5. The molecule has 1 aromatic heterocycles. The van der Waals surface area contributed by atoms with E-state index in [9.17, 15) is 4.55 Å². The Balaban J connectivity index is 1.49. The first-order chi connectivity index (χ1) is 22.5. The van der Waals surface area contributed by atoms with Gasteiger partial charge < -0.3 is 14.0 Å². The molecule has 47 heavy (non-hydrogen) atoms. The van der Waals surface area contributed by atoms with Crippen molar-refractivity contribution in [2.75, 3.05) is 37.6 Å². The Kier molecular flexibility index (Phi) is 12.3. The van der Waals surface area contributed by atoms with Gasteiger partial charge in [0.1, 0.15) is 11.4 Å². The number of hydrogen-bond acceptors (Lipinski definition) is 7. The second-order valence-electron chi connectivity index (χ2n) is 15.0. The lowest BCUT2D eigenvalue weighted by atomic mass is 9.71. The molecule has 1 N–H and O–H groups in total. The predicted molar refractivity (Wildman–Crippen MR) is 193 cm³/mol. The largest absolute Gasteiger partial charge is 0.588 e. The van der Waals surface area contributed by atoms with Gasteiger partial charge in [-0.1, -0.05) is 65.0 Å². The first-order valence-electron chi connectivity index (χ1n) is 17.7. The molecule has 3 heterocycles. The van der Waals surface area contributed by atoms with Gasteiger partial charge in [0.15, 0.2) is 4.90 Å². The van der Waals surface area contributed by atoms with Gasteiger partial charge in [-0.2, -0.15) is 9.71 Å². The van der Waals surface area contributed by atoms with Crippen molar-refractivity contribution in [3.8, 4) is 17.1 Å². The molecule has 1 fully saturated rings. The van der Waals surface area contributed by atoms with Crippen molar-refractivity contribution in [1.82, 2.24) is 14.9 Å². The molecule has 0 aliphatic carbocycles. The van der Waals surface area contributed by atoms with Gasteiger partial charge in [0.2, 0.25) is 5.88 Å². The van der Waals surface area contributed by atoms with E-state index in [0.717, 1.165) is 72.8 Å². The molecule has 3 aromatic rings. The fourth-order valence-corrected chi connectivity index (χ4v) is 8.57. The van der Waals surface area contributed by atoms with E-state index in [2.05, 4.69) is 88.4 Å². The molecule has 2 aliphatic rings. The number of nitrogens with one attached hydrogen (secondary N) is 1. The maximum absolute atomic E-state index is 13.6. The second kappa shape index (κ2) is 16.2. The Morgan fingerprint density at radius 3 is 2.45 bits per heavy atom. The van der Waals surface area contributed by atoms with Crippen LogP contribution in [0.25, 0.3) is 11.3 Å². The molecule has 8 heteroatoms. The van der Waals surface area contributed by atoms with Crippen LogP contribution in [-0.4, -0.2) is 58.4 Å². The Labute approximate surface area is 286 Å². The molecule has 7 nitrogen and oxygen atoms in total. The summed E-state index contributed by atoms with van der Waals surface area (Å²) in [7, 11) is 0. The molecular weight excluding hydrogens is 605 g/mol. The molecule has 0 spiro atoms. The highest BCUT2D eigenvalue weighted by atomic mass is 32.2. The van der Waals surface area contributed by atoms with Gasteiger partial charge in [0.05, 0.1) is 25.5 Å². The third-order valence-corrected chi connectivity index (χ3v) is 11.2. The number of benzene rings is 2. The van der Waals surface area contributed by atoms with Crippen LogP contribution in [0.4, 0.5) is 5.95 Å². The standard InChI is InChI=1S/C39H56N4O3S/c1-8-32(43-19-21-45-22-20-43)17-15-27(2)34-18-16-30-13-10-14-33(23-30)47(44)42-38-40-35(37-28(3)11-9-12-29(37)4)24-36(41-38)46-26-31(34)25-39(5,6)7/h9-14,23-24,27,31-32,34H,8,15-22,25-26H2,1-7H3,(H,40,41,42)/t27?,31-,32+,34?,47?/m1/s1. The molecule has 2 aromatic carbocycles. The number of aromatic nitrogens is 2. The molecule has 0 saturated carbocycles. The summed E-state index contributed by atoms with van der Waals surface area (Å²) in [5.74, 6) is 2.17. The fraction of sp³-hybridized carbons (Fsp3) is 0.590. The third kappa shape index (κ3) is 9.71. The Bertz CT molecular complexity index is 1430. The topological polar surface area (TPSA) is 82.6 Å². The normalized spacial score (nSPS) is 22.4. The Hall–Kier alpha value is -2.65. The second-order valence-corrected chi connectivity index (χ2v) is 16.2. The van der Waals surface area contributed by atoms with Gasteiger partial charge in [0.25, 0.3) is 5.95 Å². The highest BCUT2D eigenvalue weighted by Crippen LogP contribution is 2.39. The highest BCUT2D eigenvalue weighted by Gasteiger charge is 2.32. The average molecular weight is 661 g/mol. The molecular formula is C39H56N4O3S. The van der Waals surface area contributed by atoms with Crippen LogP contribution in [0.15, 0.2) is 53.4 Å². The molecule has 1 saturated heterocycles. The average Bonchev–Trinajstić information content (AvgIpc) is 3.03. The van der Waals surface area contributed by atoms with Gasteiger partial charge in [-0.15, -0.1) is 0 Å². The van der Waals surface area contributed by atoms with Crippen molar-refractivity contribution in [3.63, 3.8) is 0 Å². The van der Waals surface area contributed by atoms with Gasteiger partial charge in [0, 0.05) is 30.8 Å². The number of ether oxygens (including phenoxy) is 2.